The Kier molecular flexibility index (Phi) is 3.07. The summed E-state index contributed by atoms with van der Waals surface area (Å²) in [6.07, 6.45) is 14.0. The minimum atomic E-state index is -0.129. The van der Waals surface area contributed by atoms with Crippen molar-refractivity contribution in [3.8, 4) is 12.3 Å². The van der Waals surface area contributed by atoms with Gasteiger partial charge in [-0.05, 0) is 51.4 Å². The number of terminal acetylenes is 1. The number of hydrogen-bond donors (Lipinski definition) is 1. The molecule has 2 aliphatic rings. The minimum Gasteiger partial charge on any atom is -0.299 e. The lowest BCUT2D eigenvalue weighted by Gasteiger charge is -2.34. The van der Waals surface area contributed by atoms with E-state index in [9.17, 15) is 0 Å². The summed E-state index contributed by atoms with van der Waals surface area (Å²) in [6.45, 7) is 4.21. The highest BCUT2D eigenvalue weighted by molar-refractivity contribution is 5.08. The molecule has 0 aromatic carbocycles. The van der Waals surface area contributed by atoms with Crippen LogP contribution in [0.2, 0.25) is 0 Å². The van der Waals surface area contributed by atoms with Gasteiger partial charge in [0.1, 0.15) is 0 Å². The van der Waals surface area contributed by atoms with E-state index >= 15 is 0 Å². The zero-order valence-corrected chi connectivity index (χ0v) is 10.1. The van der Waals surface area contributed by atoms with Crippen LogP contribution >= 0.6 is 0 Å². The van der Waals surface area contributed by atoms with Crippen LogP contribution in [-0.4, -0.2) is 11.6 Å². The summed E-state index contributed by atoms with van der Waals surface area (Å²) in [7, 11) is 0. The van der Waals surface area contributed by atoms with Gasteiger partial charge in [0.2, 0.25) is 0 Å². The molecule has 15 heavy (non-hydrogen) atoms. The highest BCUT2D eigenvalue weighted by Crippen LogP contribution is 2.44. The van der Waals surface area contributed by atoms with Gasteiger partial charge >= 0.3 is 0 Å². The Hall–Kier alpha value is -0.480. The van der Waals surface area contributed by atoms with Crippen molar-refractivity contribution in [2.24, 2.45) is 11.8 Å². The third-order valence-electron chi connectivity index (χ3n) is 3.93. The molecule has 2 saturated carbocycles. The molecule has 2 aliphatic carbocycles. The second-order valence-electron chi connectivity index (χ2n) is 5.87. The van der Waals surface area contributed by atoms with Gasteiger partial charge in [0, 0.05) is 6.04 Å². The molecule has 0 aromatic rings. The molecular formula is C14H23N. The van der Waals surface area contributed by atoms with Crippen LogP contribution in [0.5, 0.6) is 0 Å². The maximum atomic E-state index is 5.52. The molecule has 0 aliphatic heterocycles. The third kappa shape index (κ3) is 2.98. The summed E-state index contributed by atoms with van der Waals surface area (Å²) >= 11 is 0. The number of hydrogen-bond acceptors (Lipinski definition) is 1. The van der Waals surface area contributed by atoms with Gasteiger partial charge in [-0.2, -0.15) is 0 Å². The Labute approximate surface area is 94.0 Å². The summed E-state index contributed by atoms with van der Waals surface area (Å²) in [5.41, 5.74) is -0.129. The van der Waals surface area contributed by atoms with Crippen LogP contribution in [0.4, 0.5) is 0 Å². The van der Waals surface area contributed by atoms with Crippen molar-refractivity contribution in [3.63, 3.8) is 0 Å². The van der Waals surface area contributed by atoms with Gasteiger partial charge in [-0.15, -0.1) is 6.42 Å². The van der Waals surface area contributed by atoms with Gasteiger partial charge < -0.3 is 0 Å². The fourth-order valence-corrected chi connectivity index (χ4v) is 2.91. The van der Waals surface area contributed by atoms with Crippen molar-refractivity contribution < 1.29 is 0 Å². The zero-order chi connectivity index (χ0) is 10.9. The fraction of sp³-hybridized carbons (Fsp3) is 0.857. The largest absolute Gasteiger partial charge is 0.299 e. The SMILES string of the molecule is C#CC(C)(C)NC1CCCC(C2CC2)C1. The smallest absolute Gasteiger partial charge is 0.0743 e. The molecule has 2 atom stereocenters. The lowest BCUT2D eigenvalue weighted by Crippen LogP contribution is -2.46. The Morgan fingerprint density at radius 1 is 1.13 bits per heavy atom. The molecule has 0 aromatic heterocycles. The van der Waals surface area contributed by atoms with Crippen LogP contribution in [0.25, 0.3) is 0 Å². The summed E-state index contributed by atoms with van der Waals surface area (Å²) in [5, 5.41) is 3.62. The molecule has 1 N–H and O–H groups in total. The second kappa shape index (κ2) is 4.18. The molecule has 2 rings (SSSR count). The summed E-state index contributed by atoms with van der Waals surface area (Å²) in [6, 6.07) is 0.662. The molecule has 2 unspecified atom stereocenters. The van der Waals surface area contributed by atoms with Crippen LogP contribution < -0.4 is 5.32 Å². The molecule has 0 bridgehead atoms. The second-order valence-corrected chi connectivity index (χ2v) is 5.87. The van der Waals surface area contributed by atoms with Gasteiger partial charge in [-0.25, -0.2) is 0 Å². The summed E-state index contributed by atoms with van der Waals surface area (Å²) in [5.74, 6) is 4.89. The monoisotopic (exact) mass is 205 g/mol. The van der Waals surface area contributed by atoms with E-state index in [1.54, 1.807) is 0 Å². The highest BCUT2D eigenvalue weighted by Gasteiger charge is 2.35. The zero-order valence-electron chi connectivity index (χ0n) is 10.1. The van der Waals surface area contributed by atoms with E-state index in [1.807, 2.05) is 0 Å². The van der Waals surface area contributed by atoms with E-state index in [2.05, 4.69) is 25.1 Å². The van der Waals surface area contributed by atoms with Gasteiger partial charge in [-0.1, -0.05) is 18.8 Å². The molecule has 1 heteroatoms. The predicted molar refractivity (Wildman–Crippen MR) is 64.5 cm³/mol. The fourth-order valence-electron chi connectivity index (χ4n) is 2.91. The molecular weight excluding hydrogens is 182 g/mol. The maximum Gasteiger partial charge on any atom is 0.0743 e. The molecule has 84 valence electrons. The normalized spacial score (nSPS) is 32.3. The molecule has 0 radical (unpaired) electrons. The lowest BCUT2D eigenvalue weighted by molar-refractivity contribution is 0.238. The van der Waals surface area contributed by atoms with Crippen molar-refractivity contribution in [1.29, 1.82) is 0 Å². The first-order valence-corrected chi connectivity index (χ1v) is 6.36. The quantitative estimate of drug-likeness (QED) is 0.699. The molecule has 0 heterocycles. The number of nitrogens with one attached hydrogen (secondary N) is 1. The first kappa shape index (κ1) is 11.0. The van der Waals surface area contributed by atoms with Crippen LogP contribution in [0, 0.1) is 24.2 Å². The summed E-state index contributed by atoms with van der Waals surface area (Å²) in [4.78, 5) is 0. The van der Waals surface area contributed by atoms with E-state index in [1.165, 1.54) is 38.5 Å². The lowest BCUT2D eigenvalue weighted by atomic mass is 9.82. The first-order valence-electron chi connectivity index (χ1n) is 6.36. The average molecular weight is 205 g/mol. The summed E-state index contributed by atoms with van der Waals surface area (Å²) < 4.78 is 0. The molecule has 1 nitrogen and oxygen atoms in total. The Balaban J connectivity index is 1.85. The van der Waals surface area contributed by atoms with Gasteiger partial charge in [-0.3, -0.25) is 5.32 Å². The van der Waals surface area contributed by atoms with Gasteiger partial charge in [0.05, 0.1) is 5.54 Å². The molecule has 0 saturated heterocycles. The third-order valence-corrected chi connectivity index (χ3v) is 3.93. The van der Waals surface area contributed by atoms with E-state index in [0.29, 0.717) is 6.04 Å². The van der Waals surface area contributed by atoms with E-state index < -0.39 is 0 Å². The standard InChI is InChI=1S/C14H23N/c1-4-14(2,3)15-13-7-5-6-12(10-13)11-8-9-11/h1,11-13,15H,5-10H2,2-3H3. The van der Waals surface area contributed by atoms with Crippen LogP contribution in [0.3, 0.4) is 0 Å². The molecule has 0 amide bonds. The van der Waals surface area contributed by atoms with Crippen molar-refractivity contribution in [3.05, 3.63) is 0 Å². The van der Waals surface area contributed by atoms with Crippen molar-refractivity contribution in [2.75, 3.05) is 0 Å². The maximum absolute atomic E-state index is 5.52. The Morgan fingerprint density at radius 2 is 1.87 bits per heavy atom. The first-order chi connectivity index (χ1) is 7.11. The van der Waals surface area contributed by atoms with Gasteiger partial charge in [0.15, 0.2) is 0 Å². The van der Waals surface area contributed by atoms with Crippen molar-refractivity contribution in [1.82, 2.24) is 5.32 Å². The molecule has 2 fully saturated rings. The van der Waals surface area contributed by atoms with Gasteiger partial charge in [0.25, 0.3) is 0 Å². The van der Waals surface area contributed by atoms with Crippen LogP contribution in [0.15, 0.2) is 0 Å². The minimum absolute atomic E-state index is 0.129. The Morgan fingerprint density at radius 3 is 2.47 bits per heavy atom. The van der Waals surface area contributed by atoms with Crippen LogP contribution in [-0.2, 0) is 0 Å². The van der Waals surface area contributed by atoms with E-state index in [0.717, 1.165) is 11.8 Å². The van der Waals surface area contributed by atoms with Crippen molar-refractivity contribution >= 4 is 0 Å². The highest BCUT2D eigenvalue weighted by atomic mass is 15.0. The Bertz CT molecular complexity index is 257. The van der Waals surface area contributed by atoms with Crippen LogP contribution in [0.1, 0.15) is 52.4 Å². The molecule has 0 spiro atoms. The van der Waals surface area contributed by atoms with E-state index in [4.69, 9.17) is 6.42 Å². The average Bonchev–Trinajstić information content (AvgIpc) is 3.01. The number of rotatable bonds is 3. The van der Waals surface area contributed by atoms with E-state index in [-0.39, 0.29) is 5.54 Å². The van der Waals surface area contributed by atoms with Crippen molar-refractivity contribution in [2.45, 2.75) is 64.0 Å². The predicted octanol–water partition coefficient (Wildman–Crippen LogP) is 2.96. The topological polar surface area (TPSA) is 12.0 Å².